The van der Waals surface area contributed by atoms with Gasteiger partial charge in [-0.05, 0) is 25.0 Å². The Labute approximate surface area is 137 Å². The van der Waals surface area contributed by atoms with Gasteiger partial charge in [0.1, 0.15) is 11.5 Å². The summed E-state index contributed by atoms with van der Waals surface area (Å²) >= 11 is 0. The first kappa shape index (κ1) is 17.3. The summed E-state index contributed by atoms with van der Waals surface area (Å²) in [5.74, 6) is 0.294. The number of carbonyl (C=O) groups excluding carboxylic acids is 2. The summed E-state index contributed by atoms with van der Waals surface area (Å²) in [6.07, 6.45) is 11.5. The molecule has 1 saturated heterocycles. The molecule has 0 radical (unpaired) electrons. The maximum atomic E-state index is 12.1. The van der Waals surface area contributed by atoms with Crippen molar-refractivity contribution in [2.24, 2.45) is 0 Å². The lowest BCUT2D eigenvalue weighted by Gasteiger charge is -2.11. The number of methoxy groups -OCH3 is 2. The van der Waals surface area contributed by atoms with Crippen LogP contribution in [0, 0.1) is 0 Å². The van der Waals surface area contributed by atoms with E-state index in [0.29, 0.717) is 11.5 Å². The maximum Gasteiger partial charge on any atom is 0.338 e. The van der Waals surface area contributed by atoms with Crippen LogP contribution in [-0.4, -0.2) is 26.2 Å². The first-order valence-electron chi connectivity index (χ1n) is 8.15. The first-order chi connectivity index (χ1) is 11.2. The number of esters is 2. The fourth-order valence-electron chi connectivity index (χ4n) is 2.81. The topological polar surface area (TPSA) is 61.8 Å². The largest absolute Gasteiger partial charge is 0.466 e. The molecule has 2 aliphatic rings. The van der Waals surface area contributed by atoms with Crippen molar-refractivity contribution in [3.05, 3.63) is 34.8 Å². The Morgan fingerprint density at radius 2 is 1.17 bits per heavy atom. The number of hydrogen-bond donors (Lipinski definition) is 0. The molecule has 5 nitrogen and oxygen atoms in total. The third kappa shape index (κ3) is 4.71. The Morgan fingerprint density at radius 1 is 0.783 bits per heavy atom. The monoisotopic (exact) mass is 320 g/mol. The van der Waals surface area contributed by atoms with E-state index < -0.39 is 11.9 Å². The van der Waals surface area contributed by atoms with Crippen LogP contribution in [0.15, 0.2) is 34.8 Å². The molecule has 0 atom stereocenters. The highest BCUT2D eigenvalue weighted by atomic mass is 16.5. The lowest BCUT2D eigenvalue weighted by atomic mass is 10.0. The zero-order valence-electron chi connectivity index (χ0n) is 13.9. The minimum absolute atomic E-state index is 0.196. The number of rotatable bonds is 2. The lowest BCUT2D eigenvalue weighted by Crippen LogP contribution is -2.12. The summed E-state index contributed by atoms with van der Waals surface area (Å²) in [5.41, 5.74) is 0.391. The highest BCUT2D eigenvalue weighted by molar-refractivity contribution is 6.04. The van der Waals surface area contributed by atoms with Crippen LogP contribution in [-0.2, 0) is 23.8 Å². The van der Waals surface area contributed by atoms with Crippen LogP contribution >= 0.6 is 0 Å². The van der Waals surface area contributed by atoms with Gasteiger partial charge < -0.3 is 14.2 Å². The molecular weight excluding hydrogens is 296 g/mol. The van der Waals surface area contributed by atoms with Crippen LogP contribution in [0.25, 0.3) is 0 Å². The third-order valence-corrected chi connectivity index (χ3v) is 4.07. The van der Waals surface area contributed by atoms with Gasteiger partial charge in [-0.1, -0.05) is 25.7 Å². The molecule has 0 N–H and O–H groups in total. The summed E-state index contributed by atoms with van der Waals surface area (Å²) < 4.78 is 15.6. The van der Waals surface area contributed by atoms with E-state index in [0.717, 1.165) is 38.5 Å². The Kier molecular flexibility index (Phi) is 6.44. The fourth-order valence-corrected chi connectivity index (χ4v) is 2.81. The van der Waals surface area contributed by atoms with E-state index >= 15 is 0 Å². The van der Waals surface area contributed by atoms with Gasteiger partial charge in [0, 0.05) is 12.8 Å². The molecule has 0 aliphatic carbocycles. The molecule has 0 aromatic heterocycles. The van der Waals surface area contributed by atoms with E-state index in [9.17, 15) is 9.59 Å². The van der Waals surface area contributed by atoms with Crippen LogP contribution in [0.3, 0.4) is 0 Å². The smallest absolute Gasteiger partial charge is 0.338 e. The van der Waals surface area contributed by atoms with Crippen molar-refractivity contribution in [2.75, 3.05) is 14.2 Å². The molecule has 2 heterocycles. The average molecular weight is 320 g/mol. The van der Waals surface area contributed by atoms with Crippen molar-refractivity contribution < 1.29 is 23.8 Å². The van der Waals surface area contributed by atoms with Gasteiger partial charge in [0.25, 0.3) is 0 Å². The lowest BCUT2D eigenvalue weighted by molar-refractivity contribution is -0.138. The van der Waals surface area contributed by atoms with E-state index in [2.05, 4.69) is 0 Å². The SMILES string of the molecule is COC(=O)C1=C(C(=O)OC)C=C2CCCCCCCCC(=C1)O2. The summed E-state index contributed by atoms with van der Waals surface area (Å²) in [6.45, 7) is 0. The highest BCUT2D eigenvalue weighted by Gasteiger charge is 2.24. The number of ether oxygens (including phenoxy) is 3. The van der Waals surface area contributed by atoms with Crippen molar-refractivity contribution >= 4 is 11.9 Å². The zero-order chi connectivity index (χ0) is 16.7. The van der Waals surface area contributed by atoms with Crippen LogP contribution in [0.1, 0.15) is 51.4 Å². The molecule has 126 valence electrons. The molecule has 0 amide bonds. The third-order valence-electron chi connectivity index (χ3n) is 4.07. The van der Waals surface area contributed by atoms with Gasteiger partial charge in [0.15, 0.2) is 0 Å². The van der Waals surface area contributed by atoms with E-state index in [1.165, 1.54) is 27.1 Å². The summed E-state index contributed by atoms with van der Waals surface area (Å²) in [6, 6.07) is 0. The number of hydrogen-bond acceptors (Lipinski definition) is 5. The Morgan fingerprint density at radius 3 is 1.57 bits per heavy atom. The minimum Gasteiger partial charge on any atom is -0.466 e. The van der Waals surface area contributed by atoms with E-state index in [1.807, 2.05) is 0 Å². The quantitative estimate of drug-likeness (QED) is 0.728. The number of carbonyl (C=O) groups is 2. The predicted molar refractivity (Wildman–Crippen MR) is 85.2 cm³/mol. The normalized spacial score (nSPS) is 19.4. The highest BCUT2D eigenvalue weighted by Crippen LogP contribution is 2.28. The van der Waals surface area contributed by atoms with Gasteiger partial charge in [0.2, 0.25) is 0 Å². The standard InChI is InChI=1S/C18H24O5/c1-21-17(19)15-11-13-9-7-5-3-4-6-8-10-14(23-13)12-16(15)18(20)22-2/h11-12H,3-10H2,1-2H3. The molecule has 0 aromatic carbocycles. The second kappa shape index (κ2) is 8.56. The van der Waals surface area contributed by atoms with Crippen molar-refractivity contribution in [2.45, 2.75) is 51.4 Å². The molecule has 0 unspecified atom stereocenters. The van der Waals surface area contributed by atoms with Gasteiger partial charge in [-0.2, -0.15) is 0 Å². The van der Waals surface area contributed by atoms with Gasteiger partial charge >= 0.3 is 11.9 Å². The van der Waals surface area contributed by atoms with Crippen LogP contribution in [0.5, 0.6) is 0 Å². The summed E-state index contributed by atoms with van der Waals surface area (Å²) in [4.78, 5) is 24.2. The molecule has 2 rings (SSSR count). The maximum absolute atomic E-state index is 12.1. The first-order valence-corrected chi connectivity index (χ1v) is 8.15. The molecule has 0 spiro atoms. The Bertz CT molecular complexity index is 506. The van der Waals surface area contributed by atoms with E-state index in [1.54, 1.807) is 12.2 Å². The van der Waals surface area contributed by atoms with Crippen molar-refractivity contribution in [1.29, 1.82) is 0 Å². The van der Waals surface area contributed by atoms with Crippen LogP contribution in [0.2, 0.25) is 0 Å². The van der Waals surface area contributed by atoms with Crippen molar-refractivity contribution in [1.82, 2.24) is 0 Å². The zero-order valence-corrected chi connectivity index (χ0v) is 13.9. The van der Waals surface area contributed by atoms with E-state index in [4.69, 9.17) is 14.2 Å². The number of fused-ring (bicyclic) bond motifs is 2. The molecule has 23 heavy (non-hydrogen) atoms. The molecule has 0 aromatic rings. The van der Waals surface area contributed by atoms with Gasteiger partial charge in [-0.3, -0.25) is 0 Å². The second-order valence-corrected chi connectivity index (χ2v) is 5.76. The molecule has 2 aliphatic heterocycles. The second-order valence-electron chi connectivity index (χ2n) is 5.76. The molecule has 5 heteroatoms. The predicted octanol–water partition coefficient (Wildman–Crippen LogP) is 3.56. The molecule has 0 saturated carbocycles. The van der Waals surface area contributed by atoms with Gasteiger partial charge in [0.05, 0.1) is 25.4 Å². The van der Waals surface area contributed by atoms with Crippen LogP contribution < -0.4 is 0 Å². The molecule has 1 fully saturated rings. The summed E-state index contributed by atoms with van der Waals surface area (Å²) in [7, 11) is 2.60. The van der Waals surface area contributed by atoms with E-state index in [-0.39, 0.29) is 11.1 Å². The van der Waals surface area contributed by atoms with Gasteiger partial charge in [-0.25, -0.2) is 9.59 Å². The van der Waals surface area contributed by atoms with Crippen LogP contribution in [0.4, 0.5) is 0 Å². The molecular formula is C18H24O5. The minimum atomic E-state index is -0.559. The molecule has 2 bridgehead atoms. The van der Waals surface area contributed by atoms with Crippen molar-refractivity contribution in [3.8, 4) is 0 Å². The summed E-state index contributed by atoms with van der Waals surface area (Å²) in [5, 5.41) is 0. The van der Waals surface area contributed by atoms with Gasteiger partial charge in [-0.15, -0.1) is 0 Å². The Balaban J connectivity index is 2.45. The number of allylic oxidation sites excluding steroid dienone is 2. The van der Waals surface area contributed by atoms with Crippen molar-refractivity contribution in [3.63, 3.8) is 0 Å². The Hall–Kier alpha value is -2.04. The fraction of sp³-hybridized carbons (Fsp3) is 0.556. The average Bonchev–Trinajstić information content (AvgIpc) is 2.77.